The van der Waals surface area contributed by atoms with E-state index in [1.807, 2.05) is 0 Å². The Morgan fingerprint density at radius 2 is 2.00 bits per heavy atom. The van der Waals surface area contributed by atoms with Crippen molar-refractivity contribution in [1.29, 1.82) is 0 Å². The summed E-state index contributed by atoms with van der Waals surface area (Å²) in [7, 11) is 9.75. The van der Waals surface area contributed by atoms with Crippen LogP contribution in [0, 0.1) is 11.8 Å². The van der Waals surface area contributed by atoms with Crippen LogP contribution in [0.4, 0.5) is 0 Å². The molecule has 2 fully saturated rings. The number of halogens is 2. The second kappa shape index (κ2) is 5.32. The molecule has 0 radical (unpaired) electrons. The number of fused-ring (bicyclic) bond motifs is 2. The third-order valence-electron chi connectivity index (χ3n) is 3.40. The molecule has 2 aliphatic carbocycles. The Hall–Kier alpha value is 1.19. The molecule has 1 unspecified atom stereocenters. The van der Waals surface area contributed by atoms with E-state index in [0.717, 1.165) is 11.8 Å². The zero-order valence-corrected chi connectivity index (χ0v) is 11.2. The Balaban J connectivity index is 0.000000251. The third kappa shape index (κ3) is 2.82. The molecule has 0 saturated heterocycles. The normalized spacial score (nSPS) is 41.8. The number of nitrogens with two attached hydrogens (primary N) is 2. The van der Waals surface area contributed by atoms with Crippen LogP contribution in [-0.4, -0.2) is 12.1 Å². The first-order chi connectivity index (χ1) is 6.16. The third-order valence-corrected chi connectivity index (χ3v) is 3.40. The SMILES string of the molecule is NCC1(N)C[C@@H]2CC[C@H]1C2.[Cl][Pt][Cl]. The van der Waals surface area contributed by atoms with Gasteiger partial charge in [0.1, 0.15) is 0 Å². The zero-order chi connectivity index (χ0) is 9.90. The Bertz CT molecular complexity index is 170. The molecule has 2 rings (SSSR count). The summed E-state index contributed by atoms with van der Waals surface area (Å²) in [6.07, 6.45) is 5.28. The fourth-order valence-electron chi connectivity index (χ4n) is 2.74. The van der Waals surface area contributed by atoms with Gasteiger partial charge in [-0.05, 0) is 31.1 Å². The van der Waals surface area contributed by atoms with Crippen LogP contribution in [0.2, 0.25) is 0 Å². The van der Waals surface area contributed by atoms with E-state index in [4.69, 9.17) is 30.3 Å². The van der Waals surface area contributed by atoms with Crippen molar-refractivity contribution >= 4 is 18.8 Å². The number of hydrogen-bond acceptors (Lipinski definition) is 2. The second-order valence-corrected chi connectivity index (χ2v) is 7.35. The van der Waals surface area contributed by atoms with Gasteiger partial charge in [-0.25, -0.2) is 0 Å². The number of hydrogen-bond donors (Lipinski definition) is 2. The monoisotopic (exact) mass is 405 g/mol. The van der Waals surface area contributed by atoms with Crippen molar-refractivity contribution in [3.63, 3.8) is 0 Å². The molecule has 2 saturated carbocycles. The average Bonchev–Trinajstić information content (AvgIpc) is 2.65. The predicted octanol–water partition coefficient (Wildman–Crippen LogP) is 1.84. The Kier molecular flexibility index (Phi) is 5.02. The van der Waals surface area contributed by atoms with E-state index < -0.39 is 16.5 Å². The van der Waals surface area contributed by atoms with Gasteiger partial charge in [0.15, 0.2) is 0 Å². The molecular formula is C8H16Cl2N2Pt. The predicted molar refractivity (Wildman–Crippen MR) is 53.1 cm³/mol. The molecule has 0 amide bonds. The van der Waals surface area contributed by atoms with Crippen LogP contribution in [0.5, 0.6) is 0 Å². The molecule has 2 nitrogen and oxygen atoms in total. The maximum absolute atomic E-state index is 6.12. The van der Waals surface area contributed by atoms with Crippen molar-refractivity contribution < 1.29 is 16.5 Å². The van der Waals surface area contributed by atoms with Gasteiger partial charge in [-0.15, -0.1) is 0 Å². The summed E-state index contributed by atoms with van der Waals surface area (Å²) in [5.74, 6) is 1.67. The van der Waals surface area contributed by atoms with Crippen molar-refractivity contribution in [2.24, 2.45) is 23.3 Å². The van der Waals surface area contributed by atoms with E-state index in [-0.39, 0.29) is 5.54 Å². The summed E-state index contributed by atoms with van der Waals surface area (Å²) in [6, 6.07) is 0. The summed E-state index contributed by atoms with van der Waals surface area (Å²) in [6.45, 7) is 0.689. The van der Waals surface area contributed by atoms with Gasteiger partial charge in [0.2, 0.25) is 0 Å². The van der Waals surface area contributed by atoms with Crippen LogP contribution >= 0.6 is 18.8 Å². The van der Waals surface area contributed by atoms with Crippen molar-refractivity contribution in [3.05, 3.63) is 0 Å². The van der Waals surface area contributed by atoms with Crippen LogP contribution in [0.3, 0.4) is 0 Å². The van der Waals surface area contributed by atoms with Gasteiger partial charge in [0, 0.05) is 12.1 Å². The van der Waals surface area contributed by atoms with Crippen molar-refractivity contribution in [1.82, 2.24) is 0 Å². The van der Waals surface area contributed by atoms with Gasteiger partial charge in [0.05, 0.1) is 0 Å². The minimum absolute atomic E-state index is 0.0307. The topological polar surface area (TPSA) is 52.0 Å². The van der Waals surface area contributed by atoms with Crippen molar-refractivity contribution in [3.8, 4) is 0 Å². The molecule has 5 heteroatoms. The summed E-state index contributed by atoms with van der Waals surface area (Å²) in [4.78, 5) is 0. The molecule has 2 aliphatic rings. The summed E-state index contributed by atoms with van der Waals surface area (Å²) >= 11 is -0.472. The van der Waals surface area contributed by atoms with Gasteiger partial charge in [-0.1, -0.05) is 6.42 Å². The fourth-order valence-corrected chi connectivity index (χ4v) is 2.74. The molecule has 0 spiro atoms. The molecule has 82 valence electrons. The molecule has 4 N–H and O–H groups in total. The first-order valence-corrected chi connectivity index (χ1v) is 10.1. The van der Waals surface area contributed by atoms with Crippen LogP contribution in [-0.2, 0) is 16.5 Å². The van der Waals surface area contributed by atoms with Crippen LogP contribution in [0.1, 0.15) is 25.7 Å². The zero-order valence-electron chi connectivity index (χ0n) is 7.42. The van der Waals surface area contributed by atoms with E-state index >= 15 is 0 Å². The quantitative estimate of drug-likeness (QED) is 0.699. The first kappa shape index (κ1) is 12.3. The van der Waals surface area contributed by atoms with Crippen molar-refractivity contribution in [2.75, 3.05) is 6.54 Å². The van der Waals surface area contributed by atoms with Crippen LogP contribution in [0.15, 0.2) is 0 Å². The molecule has 0 aliphatic heterocycles. The van der Waals surface area contributed by atoms with E-state index in [1.165, 1.54) is 25.7 Å². The van der Waals surface area contributed by atoms with E-state index in [0.29, 0.717) is 6.54 Å². The molecule has 0 aromatic carbocycles. The van der Waals surface area contributed by atoms with E-state index in [1.54, 1.807) is 0 Å². The van der Waals surface area contributed by atoms with Gasteiger partial charge >= 0.3 is 35.3 Å². The standard InChI is InChI=1S/C8H16N2.2ClH.Pt/c9-5-8(10)4-6-1-2-7(8)3-6;;;/h6-7H,1-5,9-10H2;2*1H;/q;;;+2/p-2/t6-,7+,8?;;;/m1.../s1. The Morgan fingerprint density at radius 1 is 1.38 bits per heavy atom. The molecule has 13 heavy (non-hydrogen) atoms. The molecule has 0 heterocycles. The van der Waals surface area contributed by atoms with Crippen molar-refractivity contribution in [2.45, 2.75) is 31.2 Å². The van der Waals surface area contributed by atoms with E-state index in [9.17, 15) is 0 Å². The average molecular weight is 406 g/mol. The van der Waals surface area contributed by atoms with Gasteiger partial charge in [-0.3, -0.25) is 0 Å². The van der Waals surface area contributed by atoms with Gasteiger partial charge in [-0.2, -0.15) is 0 Å². The van der Waals surface area contributed by atoms with Gasteiger partial charge < -0.3 is 11.5 Å². The first-order valence-electron chi connectivity index (χ1n) is 4.47. The van der Waals surface area contributed by atoms with Gasteiger partial charge in [0.25, 0.3) is 0 Å². The molecule has 0 aromatic rings. The molecule has 0 aromatic heterocycles. The van der Waals surface area contributed by atoms with E-state index in [2.05, 4.69) is 0 Å². The molecule has 2 bridgehead atoms. The second-order valence-electron chi connectivity index (χ2n) is 4.06. The molecular weight excluding hydrogens is 390 g/mol. The molecule has 3 atom stereocenters. The fraction of sp³-hybridized carbons (Fsp3) is 1.00. The minimum atomic E-state index is -0.472. The van der Waals surface area contributed by atoms with Crippen LogP contribution < -0.4 is 11.5 Å². The number of rotatable bonds is 1. The van der Waals surface area contributed by atoms with Crippen LogP contribution in [0.25, 0.3) is 0 Å². The maximum atomic E-state index is 6.12. The Morgan fingerprint density at radius 3 is 2.23 bits per heavy atom. The summed E-state index contributed by atoms with van der Waals surface area (Å²) < 4.78 is 0. The Labute approximate surface area is 96.1 Å². The summed E-state index contributed by atoms with van der Waals surface area (Å²) in [5.41, 5.74) is 11.8. The summed E-state index contributed by atoms with van der Waals surface area (Å²) in [5, 5.41) is 0.